The molecule has 0 radical (unpaired) electrons. The number of morpholine rings is 1. The number of rotatable bonds is 11. The summed E-state index contributed by atoms with van der Waals surface area (Å²) in [4.78, 5) is 21.6. The normalized spacial score (nSPS) is 15.2. The highest BCUT2D eigenvalue weighted by molar-refractivity contribution is 5.91. The molecule has 3 aromatic rings. The number of aromatic nitrogens is 1. The van der Waals surface area contributed by atoms with E-state index in [0.717, 1.165) is 44.2 Å². The van der Waals surface area contributed by atoms with Crippen molar-refractivity contribution in [3.05, 3.63) is 83.6 Å². The average Bonchev–Trinajstić information content (AvgIpc) is 3.38. The fraction of sp³-hybridized carbons (Fsp3) is 0.407. The molecule has 35 heavy (non-hydrogen) atoms. The van der Waals surface area contributed by atoms with Gasteiger partial charge in [0.15, 0.2) is 5.69 Å². The molecule has 1 fully saturated rings. The van der Waals surface area contributed by atoms with Gasteiger partial charge in [0.1, 0.15) is 12.0 Å². The van der Waals surface area contributed by atoms with Crippen LogP contribution in [-0.2, 0) is 17.8 Å². The molecule has 4 rings (SSSR count). The highest BCUT2D eigenvalue weighted by Crippen LogP contribution is 2.27. The van der Waals surface area contributed by atoms with Crippen molar-refractivity contribution in [2.75, 3.05) is 46.5 Å². The van der Waals surface area contributed by atoms with Gasteiger partial charge >= 0.3 is 0 Å². The molecule has 1 N–H and O–H groups in total. The van der Waals surface area contributed by atoms with E-state index in [0.29, 0.717) is 31.2 Å². The lowest BCUT2D eigenvalue weighted by Gasteiger charge is -2.29. The van der Waals surface area contributed by atoms with Gasteiger partial charge in [-0.1, -0.05) is 48.5 Å². The number of para-hydroxylation sites is 1. The third-order valence-corrected chi connectivity index (χ3v) is 6.34. The van der Waals surface area contributed by atoms with Gasteiger partial charge in [0.25, 0.3) is 5.91 Å². The molecule has 0 unspecified atom stereocenters. The van der Waals surface area contributed by atoms with Crippen molar-refractivity contribution in [2.24, 2.45) is 0 Å². The zero-order valence-corrected chi connectivity index (χ0v) is 20.5. The first-order chi connectivity index (χ1) is 17.1. The second-order valence-electron chi connectivity index (χ2n) is 8.64. The third-order valence-electron chi connectivity index (χ3n) is 6.34. The molecule has 8 nitrogen and oxygen atoms in total. The number of carbonyl (C=O) groups excluding carboxylic acids is 1. The topological polar surface area (TPSA) is 80.1 Å². The lowest BCUT2D eigenvalue weighted by Crippen LogP contribution is -2.41. The van der Waals surface area contributed by atoms with E-state index in [1.54, 1.807) is 7.11 Å². The summed E-state index contributed by atoms with van der Waals surface area (Å²) in [7, 11) is 1.68. The van der Waals surface area contributed by atoms with Crippen molar-refractivity contribution in [1.82, 2.24) is 20.1 Å². The van der Waals surface area contributed by atoms with Gasteiger partial charge in [-0.25, -0.2) is 4.98 Å². The first-order valence-electron chi connectivity index (χ1n) is 12.1. The monoisotopic (exact) mass is 478 g/mol. The largest absolute Gasteiger partial charge is 0.496 e. The molecule has 1 aliphatic heterocycles. The maximum atomic E-state index is 12.6. The van der Waals surface area contributed by atoms with Crippen molar-refractivity contribution in [2.45, 2.75) is 26.1 Å². The second kappa shape index (κ2) is 12.5. The summed E-state index contributed by atoms with van der Waals surface area (Å²) >= 11 is 0. The van der Waals surface area contributed by atoms with E-state index in [1.807, 2.05) is 36.4 Å². The van der Waals surface area contributed by atoms with Crippen molar-refractivity contribution in [3.8, 4) is 5.75 Å². The van der Waals surface area contributed by atoms with Crippen LogP contribution >= 0.6 is 0 Å². The Labute approximate surface area is 206 Å². The van der Waals surface area contributed by atoms with Crippen LogP contribution in [0.3, 0.4) is 0 Å². The molecule has 0 aliphatic carbocycles. The Morgan fingerprint density at radius 2 is 1.86 bits per heavy atom. The number of methoxy groups -OCH3 is 1. The van der Waals surface area contributed by atoms with Crippen molar-refractivity contribution in [1.29, 1.82) is 0 Å². The molecule has 1 aliphatic rings. The quantitative estimate of drug-likeness (QED) is 0.452. The van der Waals surface area contributed by atoms with Gasteiger partial charge in [-0.15, -0.1) is 0 Å². The molecule has 186 valence electrons. The zero-order chi connectivity index (χ0) is 24.5. The Bertz CT molecular complexity index is 1070. The molecule has 2 heterocycles. The SMILES string of the molecule is COc1ccccc1CN(Cc1nc(C(=O)NCCN2CCOCC2)co1)[C@H](C)c1ccccc1. The fourth-order valence-corrected chi connectivity index (χ4v) is 4.23. The highest BCUT2D eigenvalue weighted by Gasteiger charge is 2.21. The van der Waals surface area contributed by atoms with E-state index in [4.69, 9.17) is 13.9 Å². The smallest absolute Gasteiger partial charge is 0.273 e. The number of benzene rings is 2. The Morgan fingerprint density at radius 3 is 2.63 bits per heavy atom. The summed E-state index contributed by atoms with van der Waals surface area (Å²) in [5, 5.41) is 2.94. The van der Waals surface area contributed by atoms with Crippen LogP contribution in [0.25, 0.3) is 0 Å². The Morgan fingerprint density at radius 1 is 1.11 bits per heavy atom. The van der Waals surface area contributed by atoms with Crippen LogP contribution in [0.4, 0.5) is 0 Å². The minimum absolute atomic E-state index is 0.0961. The number of nitrogens with one attached hydrogen (secondary N) is 1. The molecule has 1 atom stereocenters. The summed E-state index contributed by atoms with van der Waals surface area (Å²) in [6, 6.07) is 18.4. The summed E-state index contributed by atoms with van der Waals surface area (Å²) in [5.74, 6) is 1.12. The highest BCUT2D eigenvalue weighted by atomic mass is 16.5. The number of ether oxygens (including phenoxy) is 2. The number of nitrogens with zero attached hydrogens (tertiary/aromatic N) is 3. The van der Waals surface area contributed by atoms with E-state index in [9.17, 15) is 4.79 Å². The van der Waals surface area contributed by atoms with E-state index in [2.05, 4.69) is 45.2 Å². The molecular formula is C27H34N4O4. The van der Waals surface area contributed by atoms with Crippen molar-refractivity contribution in [3.63, 3.8) is 0 Å². The molecule has 0 spiro atoms. The van der Waals surface area contributed by atoms with Crippen molar-refractivity contribution >= 4 is 5.91 Å². The Kier molecular flexibility index (Phi) is 8.89. The third kappa shape index (κ3) is 6.91. The maximum absolute atomic E-state index is 12.6. The van der Waals surface area contributed by atoms with Gasteiger partial charge in [-0.2, -0.15) is 0 Å². The lowest BCUT2D eigenvalue weighted by molar-refractivity contribution is 0.0383. The van der Waals surface area contributed by atoms with E-state index < -0.39 is 0 Å². The predicted molar refractivity (Wildman–Crippen MR) is 133 cm³/mol. The summed E-state index contributed by atoms with van der Waals surface area (Å²) in [6.45, 7) is 7.89. The first-order valence-corrected chi connectivity index (χ1v) is 12.1. The number of hydrogen-bond acceptors (Lipinski definition) is 7. The molecule has 0 saturated carbocycles. The fourth-order valence-electron chi connectivity index (χ4n) is 4.23. The Hall–Kier alpha value is -3.20. The number of amides is 1. The molecular weight excluding hydrogens is 444 g/mol. The number of hydrogen-bond donors (Lipinski definition) is 1. The van der Waals surface area contributed by atoms with Crippen LogP contribution < -0.4 is 10.1 Å². The van der Waals surface area contributed by atoms with Crippen LogP contribution in [0.1, 0.15) is 40.5 Å². The zero-order valence-electron chi connectivity index (χ0n) is 20.5. The first kappa shape index (κ1) is 24.9. The standard InChI is InChI=1S/C27H34N4O4/c1-21(22-8-4-3-5-9-22)31(18-23-10-6-7-11-25(23)33-2)19-26-29-24(20-35-26)27(32)28-12-13-30-14-16-34-17-15-30/h3-11,20-21H,12-19H2,1-2H3,(H,28,32)/t21-/m1/s1. The lowest BCUT2D eigenvalue weighted by atomic mass is 10.1. The summed E-state index contributed by atoms with van der Waals surface area (Å²) in [6.07, 6.45) is 1.44. The number of oxazole rings is 1. The van der Waals surface area contributed by atoms with Gasteiger partial charge in [0.2, 0.25) is 5.89 Å². The summed E-state index contributed by atoms with van der Waals surface area (Å²) in [5.41, 5.74) is 2.56. The van der Waals surface area contributed by atoms with Crippen LogP contribution in [0.5, 0.6) is 5.75 Å². The van der Waals surface area contributed by atoms with Crippen LogP contribution in [0.2, 0.25) is 0 Å². The minimum atomic E-state index is -0.222. The van der Waals surface area contributed by atoms with Gasteiger partial charge in [-0.05, 0) is 18.6 Å². The van der Waals surface area contributed by atoms with E-state index in [1.165, 1.54) is 11.8 Å². The second-order valence-corrected chi connectivity index (χ2v) is 8.64. The number of carbonyl (C=O) groups is 1. The molecule has 0 bridgehead atoms. The van der Waals surface area contributed by atoms with Gasteiger partial charge in [-0.3, -0.25) is 14.6 Å². The minimum Gasteiger partial charge on any atom is -0.496 e. The predicted octanol–water partition coefficient (Wildman–Crippen LogP) is 3.51. The molecule has 8 heteroatoms. The van der Waals surface area contributed by atoms with Crippen LogP contribution in [-0.4, -0.2) is 67.2 Å². The van der Waals surface area contributed by atoms with Gasteiger partial charge in [0.05, 0.1) is 26.9 Å². The molecule has 1 saturated heterocycles. The molecule has 1 aromatic heterocycles. The molecule has 1 amide bonds. The van der Waals surface area contributed by atoms with Gasteiger partial charge in [0, 0.05) is 44.3 Å². The van der Waals surface area contributed by atoms with E-state index >= 15 is 0 Å². The van der Waals surface area contributed by atoms with Crippen molar-refractivity contribution < 1.29 is 18.7 Å². The van der Waals surface area contributed by atoms with Crippen LogP contribution in [0.15, 0.2) is 65.3 Å². The van der Waals surface area contributed by atoms with E-state index in [-0.39, 0.29) is 11.9 Å². The average molecular weight is 479 g/mol. The van der Waals surface area contributed by atoms with Crippen LogP contribution in [0, 0.1) is 0 Å². The maximum Gasteiger partial charge on any atom is 0.273 e. The summed E-state index contributed by atoms with van der Waals surface area (Å²) < 4.78 is 16.7. The van der Waals surface area contributed by atoms with Gasteiger partial charge < -0.3 is 19.2 Å². The Balaban J connectivity index is 1.42. The molecule has 2 aromatic carbocycles.